The van der Waals surface area contributed by atoms with Gasteiger partial charge in [0.05, 0.1) is 6.07 Å². The third kappa shape index (κ3) is 5.58. The largest absolute Gasteiger partial charge is 0.198 e. The van der Waals surface area contributed by atoms with E-state index < -0.39 is 0 Å². The van der Waals surface area contributed by atoms with Crippen LogP contribution in [-0.2, 0) is 0 Å². The van der Waals surface area contributed by atoms with Crippen molar-refractivity contribution in [2.75, 3.05) is 0 Å². The monoisotopic (exact) mass is 153 g/mol. The van der Waals surface area contributed by atoms with Crippen LogP contribution in [-0.4, -0.2) is 9.52 Å². The predicted molar refractivity (Wildman–Crippen MR) is 47.6 cm³/mol. The molecule has 0 aliphatic heterocycles. The maximum absolute atomic E-state index is 8.24. The van der Waals surface area contributed by atoms with Crippen molar-refractivity contribution in [1.29, 1.82) is 5.26 Å². The first-order valence-corrected chi connectivity index (χ1v) is 5.50. The van der Waals surface area contributed by atoms with Crippen LogP contribution in [0.15, 0.2) is 11.3 Å². The van der Waals surface area contributed by atoms with Crippen molar-refractivity contribution >= 4 is 9.52 Å². The lowest BCUT2D eigenvalue weighted by molar-refractivity contribution is 0.960. The van der Waals surface area contributed by atoms with Crippen LogP contribution in [0.3, 0.4) is 0 Å². The van der Waals surface area contributed by atoms with E-state index in [1.165, 1.54) is 6.04 Å². The Hall–Kier alpha value is -0.553. The molecule has 0 rings (SSSR count). The van der Waals surface area contributed by atoms with Crippen LogP contribution in [0, 0.1) is 11.3 Å². The SMILES string of the molecule is CC=C(C)[SiH2]CCCC#N. The minimum Gasteiger partial charge on any atom is -0.198 e. The smallest absolute Gasteiger partial charge is 0.0621 e. The minimum absolute atomic E-state index is 0.0254. The molecule has 0 atom stereocenters. The molecule has 0 heterocycles. The molecule has 1 nitrogen and oxygen atoms in total. The van der Waals surface area contributed by atoms with Gasteiger partial charge in [0.25, 0.3) is 0 Å². The molecule has 10 heavy (non-hydrogen) atoms. The van der Waals surface area contributed by atoms with Gasteiger partial charge in [-0.05, 0) is 20.3 Å². The Balaban J connectivity index is 3.14. The molecule has 0 fully saturated rings. The van der Waals surface area contributed by atoms with Gasteiger partial charge in [0.2, 0.25) is 0 Å². The molecule has 0 aliphatic rings. The van der Waals surface area contributed by atoms with Crippen LogP contribution >= 0.6 is 0 Å². The minimum atomic E-state index is 0.0254. The maximum atomic E-state index is 8.24. The van der Waals surface area contributed by atoms with Crippen LogP contribution in [0.1, 0.15) is 26.7 Å². The van der Waals surface area contributed by atoms with Crippen LogP contribution in [0.4, 0.5) is 0 Å². The summed E-state index contributed by atoms with van der Waals surface area (Å²) < 4.78 is 0. The zero-order valence-electron chi connectivity index (χ0n) is 6.85. The summed E-state index contributed by atoms with van der Waals surface area (Å²) in [5, 5.41) is 9.81. The molecule has 0 amide bonds. The Labute approximate surface area is 65.6 Å². The molecule has 0 aromatic rings. The van der Waals surface area contributed by atoms with Crippen LogP contribution in [0.2, 0.25) is 6.04 Å². The maximum Gasteiger partial charge on any atom is 0.0621 e. The van der Waals surface area contributed by atoms with Gasteiger partial charge in [-0.2, -0.15) is 5.26 Å². The summed E-state index contributed by atoms with van der Waals surface area (Å²) in [4.78, 5) is 0. The Bertz CT molecular complexity index is 144. The molecule has 56 valence electrons. The van der Waals surface area contributed by atoms with E-state index in [9.17, 15) is 0 Å². The summed E-state index contributed by atoms with van der Waals surface area (Å²) in [6.07, 6.45) is 4.04. The fourth-order valence-electron chi connectivity index (χ4n) is 0.752. The van der Waals surface area contributed by atoms with Crippen molar-refractivity contribution in [3.63, 3.8) is 0 Å². The molecule has 0 aliphatic carbocycles. The third-order valence-corrected chi connectivity index (χ3v) is 3.65. The molecule has 0 N–H and O–H groups in total. The molecular formula is C8H15NSi. The van der Waals surface area contributed by atoms with Gasteiger partial charge >= 0.3 is 0 Å². The summed E-state index contributed by atoms with van der Waals surface area (Å²) in [6.45, 7) is 4.28. The second kappa shape index (κ2) is 6.57. The van der Waals surface area contributed by atoms with Crippen molar-refractivity contribution in [3.8, 4) is 6.07 Å². The summed E-state index contributed by atoms with van der Waals surface area (Å²) >= 11 is 0. The molecule has 0 unspecified atom stereocenters. The zero-order valence-corrected chi connectivity index (χ0v) is 8.27. The van der Waals surface area contributed by atoms with Gasteiger partial charge in [-0.25, -0.2) is 0 Å². The highest BCUT2D eigenvalue weighted by atomic mass is 28.2. The zero-order chi connectivity index (χ0) is 7.82. The van der Waals surface area contributed by atoms with Crippen LogP contribution < -0.4 is 0 Å². The molecule has 0 aromatic heterocycles. The highest BCUT2D eigenvalue weighted by molar-refractivity contribution is 6.44. The van der Waals surface area contributed by atoms with E-state index in [-0.39, 0.29) is 9.52 Å². The normalized spacial score (nSPS) is 12.3. The van der Waals surface area contributed by atoms with Crippen molar-refractivity contribution in [1.82, 2.24) is 0 Å². The van der Waals surface area contributed by atoms with E-state index in [4.69, 9.17) is 5.26 Å². The number of nitrogens with zero attached hydrogens (tertiary/aromatic N) is 1. The number of rotatable bonds is 4. The molecule has 0 saturated heterocycles. The number of allylic oxidation sites excluding steroid dienone is 2. The van der Waals surface area contributed by atoms with Gasteiger partial charge in [-0.1, -0.05) is 17.3 Å². The number of hydrogen-bond donors (Lipinski definition) is 0. The van der Waals surface area contributed by atoms with E-state index in [1.807, 2.05) is 0 Å². The van der Waals surface area contributed by atoms with Gasteiger partial charge in [-0.3, -0.25) is 0 Å². The van der Waals surface area contributed by atoms with Gasteiger partial charge in [0.15, 0.2) is 0 Å². The average Bonchev–Trinajstić information content (AvgIpc) is 1.98. The van der Waals surface area contributed by atoms with Gasteiger partial charge in [0.1, 0.15) is 0 Å². The van der Waals surface area contributed by atoms with Crippen LogP contribution in [0.5, 0.6) is 0 Å². The number of unbranched alkanes of at least 4 members (excludes halogenated alkanes) is 1. The molecule has 2 heteroatoms. The molecular weight excluding hydrogens is 138 g/mol. The molecule has 0 saturated carbocycles. The number of hydrogen-bond acceptors (Lipinski definition) is 1. The lowest BCUT2D eigenvalue weighted by atomic mass is 10.4. The highest BCUT2D eigenvalue weighted by Crippen LogP contribution is 1.98. The Morgan fingerprint density at radius 1 is 1.70 bits per heavy atom. The van der Waals surface area contributed by atoms with Crippen LogP contribution in [0.25, 0.3) is 0 Å². The molecule has 0 bridgehead atoms. The highest BCUT2D eigenvalue weighted by Gasteiger charge is 1.89. The Kier molecular flexibility index (Phi) is 6.20. The fraction of sp³-hybridized carbons (Fsp3) is 0.625. The summed E-state index contributed by atoms with van der Waals surface area (Å²) in [6, 6.07) is 3.46. The summed E-state index contributed by atoms with van der Waals surface area (Å²) in [5.74, 6) is 0. The average molecular weight is 153 g/mol. The molecule has 0 aromatic carbocycles. The third-order valence-electron chi connectivity index (χ3n) is 1.60. The first-order chi connectivity index (χ1) is 4.81. The van der Waals surface area contributed by atoms with E-state index >= 15 is 0 Å². The lowest BCUT2D eigenvalue weighted by Crippen LogP contribution is -1.90. The van der Waals surface area contributed by atoms with Crippen molar-refractivity contribution < 1.29 is 0 Å². The van der Waals surface area contributed by atoms with E-state index in [1.54, 1.807) is 5.20 Å². The molecule has 0 spiro atoms. The number of nitriles is 1. The second-order valence-electron chi connectivity index (χ2n) is 2.50. The predicted octanol–water partition coefficient (Wildman–Crippen LogP) is 1.80. The van der Waals surface area contributed by atoms with E-state index in [2.05, 4.69) is 26.0 Å². The topological polar surface area (TPSA) is 23.8 Å². The second-order valence-corrected chi connectivity index (χ2v) is 4.82. The van der Waals surface area contributed by atoms with Gasteiger partial charge in [-0.15, -0.1) is 0 Å². The fourth-order valence-corrected chi connectivity index (χ4v) is 2.10. The van der Waals surface area contributed by atoms with Gasteiger partial charge < -0.3 is 0 Å². The van der Waals surface area contributed by atoms with E-state index in [0.29, 0.717) is 0 Å². The first-order valence-electron chi connectivity index (χ1n) is 3.80. The van der Waals surface area contributed by atoms with Crippen molar-refractivity contribution in [2.24, 2.45) is 0 Å². The quantitative estimate of drug-likeness (QED) is 0.446. The first kappa shape index (κ1) is 9.45. The van der Waals surface area contributed by atoms with Gasteiger partial charge in [0, 0.05) is 15.9 Å². The summed E-state index contributed by atoms with van der Waals surface area (Å²) in [7, 11) is 0.0254. The van der Waals surface area contributed by atoms with Crippen molar-refractivity contribution in [3.05, 3.63) is 11.3 Å². The summed E-state index contributed by atoms with van der Waals surface area (Å²) in [5.41, 5.74) is 0. The standard InChI is InChI=1S/C8H15NSi/c1-3-8(2)10-7-5-4-6-9/h3H,4-5,7,10H2,1-2H3. The van der Waals surface area contributed by atoms with Crippen molar-refractivity contribution in [2.45, 2.75) is 32.7 Å². The Morgan fingerprint density at radius 2 is 2.40 bits per heavy atom. The Morgan fingerprint density at radius 3 is 2.90 bits per heavy atom. The van der Waals surface area contributed by atoms with E-state index in [0.717, 1.165) is 12.8 Å². The lowest BCUT2D eigenvalue weighted by Gasteiger charge is -1.95. The molecule has 0 radical (unpaired) electrons.